The Hall–Kier alpha value is -3.67. The predicted molar refractivity (Wildman–Crippen MR) is 127 cm³/mol. The molecule has 0 unspecified atom stereocenters. The van der Waals surface area contributed by atoms with Crippen LogP contribution in [-0.2, 0) is 27.2 Å². The highest BCUT2D eigenvalue weighted by molar-refractivity contribution is 6.05. The fourth-order valence-corrected chi connectivity index (χ4v) is 3.51. The number of terminal acetylenes is 1. The van der Waals surface area contributed by atoms with E-state index in [0.717, 1.165) is 18.5 Å². The third-order valence-corrected chi connectivity index (χ3v) is 5.24. The quantitative estimate of drug-likeness (QED) is 0.199. The number of anilines is 1. The molecule has 1 aliphatic heterocycles. The van der Waals surface area contributed by atoms with Crippen molar-refractivity contribution in [1.82, 2.24) is 4.90 Å². The van der Waals surface area contributed by atoms with Crippen LogP contribution in [0.15, 0.2) is 47.5 Å². The van der Waals surface area contributed by atoms with Crippen LogP contribution >= 0.6 is 0 Å². The lowest BCUT2D eigenvalue weighted by Crippen LogP contribution is -2.35. The summed E-state index contributed by atoms with van der Waals surface area (Å²) in [6.07, 6.45) is 6.03. The minimum Gasteiger partial charge on any atom is -0.462 e. The Morgan fingerprint density at radius 1 is 1.15 bits per heavy atom. The lowest BCUT2D eigenvalue weighted by molar-refractivity contribution is -0.146. The number of fused-ring (bicyclic) bond motifs is 1. The number of methoxy groups -OCH3 is 1. The molecule has 0 spiro atoms. The number of esters is 1. The van der Waals surface area contributed by atoms with Gasteiger partial charge < -0.3 is 20.5 Å². The third kappa shape index (κ3) is 6.91. The number of aliphatic imine (C=N–C) groups is 1. The number of nitrogens with one attached hydrogen (secondary N) is 1. The highest BCUT2D eigenvalue weighted by Gasteiger charge is 2.20. The summed E-state index contributed by atoms with van der Waals surface area (Å²) < 4.78 is 10.0. The van der Waals surface area contributed by atoms with Gasteiger partial charge in [-0.2, -0.15) is 0 Å². The molecule has 33 heavy (non-hydrogen) atoms. The van der Waals surface area contributed by atoms with Gasteiger partial charge in [0.25, 0.3) is 5.91 Å². The maximum absolute atomic E-state index is 12.7. The van der Waals surface area contributed by atoms with Crippen molar-refractivity contribution in [3.63, 3.8) is 0 Å². The molecule has 2 aromatic carbocycles. The van der Waals surface area contributed by atoms with Crippen molar-refractivity contribution < 1.29 is 19.1 Å². The number of hydrogen-bond acceptors (Lipinski definition) is 6. The summed E-state index contributed by atoms with van der Waals surface area (Å²) in [5.41, 5.74) is 10.1. The zero-order valence-corrected chi connectivity index (χ0v) is 18.7. The molecule has 3 rings (SSSR count). The maximum atomic E-state index is 12.7. The molecule has 0 bridgehead atoms. The summed E-state index contributed by atoms with van der Waals surface area (Å²) in [4.78, 5) is 30.8. The molecule has 0 saturated carbocycles. The monoisotopic (exact) mass is 448 g/mol. The number of ether oxygens (including phenoxy) is 2. The van der Waals surface area contributed by atoms with Crippen LogP contribution in [0.5, 0.6) is 0 Å². The molecule has 2 aromatic rings. The topological polar surface area (TPSA) is 106 Å². The number of carbonyl (C=O) groups excluding carboxylic acids is 2. The molecule has 0 atom stereocenters. The molecule has 1 heterocycles. The van der Waals surface area contributed by atoms with Crippen LogP contribution in [0, 0.1) is 12.3 Å². The van der Waals surface area contributed by atoms with E-state index >= 15 is 0 Å². The fourth-order valence-electron chi connectivity index (χ4n) is 3.51. The first-order valence-electron chi connectivity index (χ1n) is 10.6. The Balaban J connectivity index is 1.60. The molecule has 0 aliphatic carbocycles. The van der Waals surface area contributed by atoms with E-state index in [4.69, 9.17) is 21.6 Å². The number of rotatable bonds is 9. The number of nitrogens with zero attached hydrogens (tertiary/aromatic N) is 2. The molecule has 0 radical (unpaired) electrons. The number of carbonyl (C=O) groups is 2. The van der Waals surface area contributed by atoms with Crippen molar-refractivity contribution in [2.75, 3.05) is 45.3 Å². The van der Waals surface area contributed by atoms with Crippen molar-refractivity contribution in [2.24, 2.45) is 10.7 Å². The van der Waals surface area contributed by atoms with E-state index in [1.165, 1.54) is 5.56 Å². The van der Waals surface area contributed by atoms with Gasteiger partial charge in [-0.15, -0.1) is 6.42 Å². The number of amides is 1. The van der Waals surface area contributed by atoms with Gasteiger partial charge in [0.15, 0.2) is 0 Å². The lowest BCUT2D eigenvalue weighted by Gasteiger charge is -2.28. The number of amidine groups is 1. The third-order valence-electron chi connectivity index (χ3n) is 5.24. The molecule has 0 saturated heterocycles. The van der Waals surface area contributed by atoms with E-state index in [1.807, 2.05) is 23.1 Å². The second kappa shape index (κ2) is 11.8. The summed E-state index contributed by atoms with van der Waals surface area (Å²) >= 11 is 0. The second-order valence-corrected chi connectivity index (χ2v) is 7.59. The molecule has 8 nitrogen and oxygen atoms in total. The van der Waals surface area contributed by atoms with Gasteiger partial charge in [0.05, 0.1) is 13.2 Å². The fraction of sp³-hybridized carbons (Fsp3) is 0.320. The van der Waals surface area contributed by atoms with Crippen LogP contribution in [-0.4, -0.2) is 62.6 Å². The van der Waals surface area contributed by atoms with Gasteiger partial charge in [-0.1, -0.05) is 24.1 Å². The van der Waals surface area contributed by atoms with Crippen LogP contribution in [0.2, 0.25) is 0 Å². The molecule has 172 valence electrons. The van der Waals surface area contributed by atoms with E-state index in [9.17, 15) is 9.59 Å². The average Bonchev–Trinajstić information content (AvgIpc) is 2.82. The van der Waals surface area contributed by atoms with Gasteiger partial charge in [-0.3, -0.25) is 19.5 Å². The Kier molecular flexibility index (Phi) is 8.58. The van der Waals surface area contributed by atoms with Gasteiger partial charge in [-0.25, -0.2) is 0 Å². The first-order valence-corrected chi connectivity index (χ1v) is 10.6. The van der Waals surface area contributed by atoms with Gasteiger partial charge in [0, 0.05) is 37.0 Å². The molecule has 0 aromatic heterocycles. The molecule has 8 heteroatoms. The number of hydrogen-bond donors (Lipinski definition) is 2. The van der Waals surface area contributed by atoms with Gasteiger partial charge >= 0.3 is 5.97 Å². The van der Waals surface area contributed by atoms with Crippen molar-refractivity contribution in [3.8, 4) is 12.3 Å². The van der Waals surface area contributed by atoms with Crippen LogP contribution in [0.4, 0.5) is 5.69 Å². The summed E-state index contributed by atoms with van der Waals surface area (Å²) in [5.74, 6) is 2.24. The summed E-state index contributed by atoms with van der Waals surface area (Å²) in [7, 11) is 1.56. The Labute approximate surface area is 193 Å². The largest absolute Gasteiger partial charge is 0.462 e. The number of nitrogens with two attached hydrogens (primary N) is 1. The Morgan fingerprint density at radius 2 is 1.91 bits per heavy atom. The summed E-state index contributed by atoms with van der Waals surface area (Å²) in [6, 6.07) is 12.7. The van der Waals surface area contributed by atoms with Gasteiger partial charge in [0.1, 0.15) is 19.0 Å². The highest BCUT2D eigenvalue weighted by Crippen LogP contribution is 2.23. The smallest absolute Gasteiger partial charge is 0.320 e. The zero-order valence-electron chi connectivity index (χ0n) is 18.7. The van der Waals surface area contributed by atoms with E-state index < -0.39 is 0 Å². The van der Waals surface area contributed by atoms with E-state index in [-0.39, 0.29) is 31.6 Å². The summed E-state index contributed by atoms with van der Waals surface area (Å²) in [6.45, 7) is 2.45. The van der Waals surface area contributed by atoms with Crippen LogP contribution in [0.3, 0.4) is 0 Å². The molecule has 0 fully saturated rings. The molecule has 1 amide bonds. The number of benzene rings is 2. The van der Waals surface area contributed by atoms with Crippen molar-refractivity contribution in [1.29, 1.82) is 0 Å². The SMILES string of the molecule is C#CCN=C(N)c1ccc(C(=O)Nc2ccc3c(c2)CN(CC(=O)OCCOC)CC3)cc1. The predicted octanol–water partition coefficient (Wildman–Crippen LogP) is 1.83. The highest BCUT2D eigenvalue weighted by atomic mass is 16.6. The standard InChI is InChI=1S/C25H28N4O4/c1-3-11-27-24(26)19-4-6-20(7-5-19)25(31)28-22-9-8-18-10-12-29(16-21(18)15-22)17-23(30)33-14-13-32-2/h1,4-9,15H,10-14,16-17H2,2H3,(H2,26,27)(H,28,31). The van der Waals surface area contributed by atoms with E-state index in [2.05, 4.69) is 16.2 Å². The van der Waals surface area contributed by atoms with Gasteiger partial charge in [-0.05, 0) is 41.8 Å². The van der Waals surface area contributed by atoms with Crippen LogP contribution in [0.1, 0.15) is 27.0 Å². The minimum atomic E-state index is -0.270. The molecular formula is C25H28N4O4. The van der Waals surface area contributed by atoms with Crippen molar-refractivity contribution >= 4 is 23.4 Å². The Morgan fingerprint density at radius 3 is 2.64 bits per heavy atom. The van der Waals surface area contributed by atoms with Crippen LogP contribution in [0.25, 0.3) is 0 Å². The minimum absolute atomic E-state index is 0.207. The van der Waals surface area contributed by atoms with E-state index in [0.29, 0.717) is 35.8 Å². The van der Waals surface area contributed by atoms with Crippen molar-refractivity contribution in [3.05, 3.63) is 64.7 Å². The first-order chi connectivity index (χ1) is 16.0. The average molecular weight is 449 g/mol. The molecular weight excluding hydrogens is 420 g/mol. The van der Waals surface area contributed by atoms with Crippen LogP contribution < -0.4 is 11.1 Å². The zero-order chi connectivity index (χ0) is 23.6. The summed E-state index contributed by atoms with van der Waals surface area (Å²) in [5, 5.41) is 2.93. The normalized spacial score (nSPS) is 13.6. The Bertz CT molecular complexity index is 1060. The maximum Gasteiger partial charge on any atom is 0.320 e. The first kappa shape index (κ1) is 24.0. The molecule has 3 N–H and O–H groups in total. The molecule has 1 aliphatic rings. The second-order valence-electron chi connectivity index (χ2n) is 7.59. The van der Waals surface area contributed by atoms with E-state index in [1.54, 1.807) is 31.4 Å². The lowest BCUT2D eigenvalue weighted by atomic mass is 9.99. The van der Waals surface area contributed by atoms with Gasteiger partial charge in [0.2, 0.25) is 0 Å². The van der Waals surface area contributed by atoms with Crippen molar-refractivity contribution in [2.45, 2.75) is 13.0 Å².